The van der Waals surface area contributed by atoms with Crippen molar-refractivity contribution in [3.63, 3.8) is 0 Å². The Morgan fingerprint density at radius 3 is 2.86 bits per heavy atom. The Bertz CT molecular complexity index is 256. The van der Waals surface area contributed by atoms with Crippen molar-refractivity contribution in [2.45, 2.75) is 26.2 Å². The highest BCUT2D eigenvalue weighted by molar-refractivity contribution is 5.94. The van der Waals surface area contributed by atoms with Crippen LogP contribution in [0, 0.1) is 0 Å². The molecule has 0 aromatic heterocycles. The van der Waals surface area contributed by atoms with Gasteiger partial charge in [0.15, 0.2) is 0 Å². The van der Waals surface area contributed by atoms with Crippen LogP contribution in [-0.4, -0.2) is 23.9 Å². The van der Waals surface area contributed by atoms with Gasteiger partial charge in [0.1, 0.15) is 0 Å². The molecule has 1 heterocycles. The van der Waals surface area contributed by atoms with Gasteiger partial charge in [-0.1, -0.05) is 25.8 Å². The summed E-state index contributed by atoms with van der Waals surface area (Å²) in [5, 5.41) is 0. The number of hydrogen-bond acceptors (Lipinski definition) is 2. The molecule has 3 nitrogen and oxygen atoms in total. The summed E-state index contributed by atoms with van der Waals surface area (Å²) in [7, 11) is 0. The summed E-state index contributed by atoms with van der Waals surface area (Å²) in [5.74, 6) is -0.338. The Labute approximate surface area is 85.3 Å². The van der Waals surface area contributed by atoms with Gasteiger partial charge in [-0.2, -0.15) is 0 Å². The van der Waals surface area contributed by atoms with E-state index in [1.807, 2.05) is 12.3 Å². The largest absolute Gasteiger partial charge is 0.374 e. The highest BCUT2D eigenvalue weighted by Gasteiger charge is 2.07. The molecular formula is C11H18N2O. The van der Waals surface area contributed by atoms with E-state index in [9.17, 15) is 4.79 Å². The summed E-state index contributed by atoms with van der Waals surface area (Å²) >= 11 is 0. The van der Waals surface area contributed by atoms with E-state index in [1.165, 1.54) is 19.3 Å². The zero-order valence-electron chi connectivity index (χ0n) is 8.70. The third kappa shape index (κ3) is 3.24. The van der Waals surface area contributed by atoms with Crippen LogP contribution in [0.25, 0.3) is 0 Å². The van der Waals surface area contributed by atoms with Crippen LogP contribution < -0.4 is 5.73 Å². The van der Waals surface area contributed by atoms with Crippen LogP contribution in [-0.2, 0) is 4.79 Å². The monoisotopic (exact) mass is 194 g/mol. The van der Waals surface area contributed by atoms with Gasteiger partial charge in [0, 0.05) is 24.9 Å². The molecule has 0 aromatic carbocycles. The topological polar surface area (TPSA) is 46.3 Å². The van der Waals surface area contributed by atoms with Gasteiger partial charge < -0.3 is 10.6 Å². The molecule has 1 aliphatic heterocycles. The van der Waals surface area contributed by atoms with E-state index in [0.29, 0.717) is 5.57 Å². The summed E-state index contributed by atoms with van der Waals surface area (Å²) in [5.41, 5.74) is 5.78. The number of nitrogens with two attached hydrogens (primary N) is 1. The molecule has 1 aliphatic rings. The number of primary amides is 1. The van der Waals surface area contributed by atoms with Crippen molar-refractivity contribution in [2.75, 3.05) is 13.1 Å². The van der Waals surface area contributed by atoms with Crippen molar-refractivity contribution in [1.29, 1.82) is 0 Å². The lowest BCUT2D eigenvalue weighted by molar-refractivity contribution is -0.114. The van der Waals surface area contributed by atoms with E-state index in [1.54, 1.807) is 6.08 Å². The summed E-state index contributed by atoms with van der Waals surface area (Å²) < 4.78 is 0. The van der Waals surface area contributed by atoms with Gasteiger partial charge >= 0.3 is 0 Å². The minimum absolute atomic E-state index is 0.338. The molecule has 0 bridgehead atoms. The molecule has 1 amide bonds. The molecule has 1 rings (SSSR count). The third-order valence-corrected chi connectivity index (χ3v) is 2.34. The second kappa shape index (κ2) is 5.47. The van der Waals surface area contributed by atoms with E-state index in [0.717, 1.165) is 13.1 Å². The van der Waals surface area contributed by atoms with Crippen LogP contribution in [0.15, 0.2) is 23.9 Å². The molecular weight excluding hydrogens is 176 g/mol. The first-order valence-corrected chi connectivity index (χ1v) is 5.16. The molecule has 14 heavy (non-hydrogen) atoms. The maximum atomic E-state index is 10.8. The highest BCUT2D eigenvalue weighted by Crippen LogP contribution is 2.07. The molecule has 0 saturated heterocycles. The fraction of sp³-hybridized carbons (Fsp3) is 0.545. The SMILES string of the molecule is CCCCCN1C=CC(C(N)=O)=CC1. The van der Waals surface area contributed by atoms with Crippen LogP contribution in [0.1, 0.15) is 26.2 Å². The number of nitrogens with zero attached hydrogens (tertiary/aromatic N) is 1. The molecule has 2 N–H and O–H groups in total. The minimum atomic E-state index is -0.338. The fourth-order valence-corrected chi connectivity index (χ4v) is 1.44. The smallest absolute Gasteiger partial charge is 0.248 e. The maximum absolute atomic E-state index is 10.8. The summed E-state index contributed by atoms with van der Waals surface area (Å²) in [6, 6.07) is 0. The van der Waals surface area contributed by atoms with Gasteiger partial charge in [0.05, 0.1) is 0 Å². The Hall–Kier alpha value is -1.25. The fourth-order valence-electron chi connectivity index (χ4n) is 1.44. The van der Waals surface area contributed by atoms with Crippen LogP contribution in [0.4, 0.5) is 0 Å². The summed E-state index contributed by atoms with van der Waals surface area (Å²) in [6.45, 7) is 4.06. The van der Waals surface area contributed by atoms with Crippen LogP contribution in [0.3, 0.4) is 0 Å². The van der Waals surface area contributed by atoms with E-state index < -0.39 is 0 Å². The number of amides is 1. The number of unbranched alkanes of at least 4 members (excludes halogenated alkanes) is 2. The Kier molecular flexibility index (Phi) is 4.23. The second-order valence-corrected chi connectivity index (χ2v) is 3.54. The molecule has 0 spiro atoms. The molecule has 0 radical (unpaired) electrons. The van der Waals surface area contributed by atoms with Crippen molar-refractivity contribution in [3.8, 4) is 0 Å². The quantitative estimate of drug-likeness (QED) is 0.673. The number of carbonyl (C=O) groups excluding carboxylic acids is 1. The van der Waals surface area contributed by atoms with Crippen molar-refractivity contribution < 1.29 is 4.79 Å². The van der Waals surface area contributed by atoms with Gasteiger partial charge in [-0.15, -0.1) is 0 Å². The first-order chi connectivity index (χ1) is 6.74. The van der Waals surface area contributed by atoms with E-state index in [4.69, 9.17) is 5.73 Å². The maximum Gasteiger partial charge on any atom is 0.248 e. The van der Waals surface area contributed by atoms with Gasteiger partial charge in [-0.05, 0) is 12.5 Å². The minimum Gasteiger partial charge on any atom is -0.374 e. The van der Waals surface area contributed by atoms with Gasteiger partial charge in [0.25, 0.3) is 0 Å². The molecule has 0 aliphatic carbocycles. The third-order valence-electron chi connectivity index (χ3n) is 2.34. The van der Waals surface area contributed by atoms with E-state index in [2.05, 4.69) is 11.8 Å². The van der Waals surface area contributed by atoms with Gasteiger partial charge in [0.2, 0.25) is 5.91 Å². The number of hydrogen-bond donors (Lipinski definition) is 1. The van der Waals surface area contributed by atoms with Crippen LogP contribution >= 0.6 is 0 Å². The summed E-state index contributed by atoms with van der Waals surface area (Å²) in [4.78, 5) is 13.0. The summed E-state index contributed by atoms with van der Waals surface area (Å²) in [6.07, 6.45) is 9.33. The predicted octanol–water partition coefficient (Wildman–Crippen LogP) is 1.42. The Balaban J connectivity index is 2.30. The standard InChI is InChI=1S/C11H18N2O/c1-2-3-4-7-13-8-5-10(6-9-13)11(12)14/h5-6,8H,2-4,7,9H2,1H3,(H2,12,14). The molecule has 0 fully saturated rings. The van der Waals surface area contributed by atoms with E-state index in [-0.39, 0.29) is 5.91 Å². The Morgan fingerprint density at radius 2 is 2.36 bits per heavy atom. The normalized spacial score (nSPS) is 15.5. The lowest BCUT2D eigenvalue weighted by Crippen LogP contribution is -2.24. The number of carbonyl (C=O) groups is 1. The zero-order valence-corrected chi connectivity index (χ0v) is 8.70. The average molecular weight is 194 g/mol. The van der Waals surface area contributed by atoms with E-state index >= 15 is 0 Å². The molecule has 0 atom stereocenters. The first kappa shape index (κ1) is 10.8. The molecule has 0 aromatic rings. The molecule has 0 saturated carbocycles. The lowest BCUT2D eigenvalue weighted by atomic mass is 10.1. The van der Waals surface area contributed by atoms with Crippen molar-refractivity contribution in [2.24, 2.45) is 5.73 Å². The highest BCUT2D eigenvalue weighted by atomic mass is 16.1. The average Bonchev–Trinajstić information content (AvgIpc) is 2.19. The Morgan fingerprint density at radius 1 is 1.57 bits per heavy atom. The second-order valence-electron chi connectivity index (χ2n) is 3.54. The molecule has 78 valence electrons. The van der Waals surface area contributed by atoms with Gasteiger partial charge in [-0.25, -0.2) is 0 Å². The molecule has 0 unspecified atom stereocenters. The predicted molar refractivity (Wildman–Crippen MR) is 57.5 cm³/mol. The van der Waals surface area contributed by atoms with Crippen LogP contribution in [0.5, 0.6) is 0 Å². The first-order valence-electron chi connectivity index (χ1n) is 5.16. The van der Waals surface area contributed by atoms with Gasteiger partial charge in [-0.3, -0.25) is 4.79 Å². The van der Waals surface area contributed by atoms with Crippen molar-refractivity contribution in [3.05, 3.63) is 23.9 Å². The van der Waals surface area contributed by atoms with Crippen LogP contribution in [0.2, 0.25) is 0 Å². The molecule has 3 heteroatoms. The lowest BCUT2D eigenvalue weighted by Gasteiger charge is -2.21. The van der Waals surface area contributed by atoms with Crippen molar-refractivity contribution >= 4 is 5.91 Å². The van der Waals surface area contributed by atoms with Crippen molar-refractivity contribution in [1.82, 2.24) is 4.90 Å². The number of rotatable bonds is 5. The zero-order chi connectivity index (χ0) is 10.4.